The second kappa shape index (κ2) is 10.1. The highest BCUT2D eigenvalue weighted by Gasteiger charge is 2.25. The van der Waals surface area contributed by atoms with Crippen molar-refractivity contribution in [2.24, 2.45) is 5.73 Å². The molecule has 0 saturated heterocycles. The summed E-state index contributed by atoms with van der Waals surface area (Å²) in [5.74, 6) is 1.06. The Kier molecular flexibility index (Phi) is 7.80. The number of hydrogen-bond acceptors (Lipinski definition) is 6. The number of primary amides is 1. The molecule has 0 spiro atoms. The van der Waals surface area contributed by atoms with Crippen molar-refractivity contribution in [3.63, 3.8) is 0 Å². The van der Waals surface area contributed by atoms with E-state index in [1.54, 1.807) is 36.4 Å². The number of methoxy groups -OCH3 is 1. The average molecular weight is 408 g/mol. The van der Waals surface area contributed by atoms with Crippen LogP contribution in [0.1, 0.15) is 6.92 Å². The van der Waals surface area contributed by atoms with Crippen LogP contribution in [0, 0.1) is 0 Å². The lowest BCUT2D eigenvalue weighted by atomic mass is 10.3. The summed E-state index contributed by atoms with van der Waals surface area (Å²) < 4.78 is 42.5. The fraction of sp³-hybridized carbons (Fsp3) is 0.316. The van der Waals surface area contributed by atoms with Crippen LogP contribution in [0.25, 0.3) is 0 Å². The third kappa shape index (κ3) is 5.95. The van der Waals surface area contributed by atoms with E-state index in [4.69, 9.17) is 19.9 Å². The van der Waals surface area contributed by atoms with E-state index in [0.717, 1.165) is 10.1 Å². The van der Waals surface area contributed by atoms with Crippen molar-refractivity contribution in [2.45, 2.75) is 11.8 Å². The van der Waals surface area contributed by atoms with Crippen LogP contribution < -0.4 is 15.2 Å². The molecule has 8 nitrogen and oxygen atoms in total. The van der Waals surface area contributed by atoms with Crippen LogP contribution in [0.5, 0.6) is 17.2 Å². The molecule has 0 bridgehead atoms. The zero-order valence-corrected chi connectivity index (χ0v) is 16.6. The lowest BCUT2D eigenvalue weighted by Crippen LogP contribution is -2.40. The summed E-state index contributed by atoms with van der Waals surface area (Å²) in [6.07, 6.45) is 0. The highest BCUT2D eigenvalue weighted by atomic mass is 32.2. The molecule has 0 aliphatic carbocycles. The second-order valence-corrected chi connectivity index (χ2v) is 7.71. The van der Waals surface area contributed by atoms with E-state index >= 15 is 0 Å². The highest BCUT2D eigenvalue weighted by Crippen LogP contribution is 2.26. The van der Waals surface area contributed by atoms with Gasteiger partial charge in [0.15, 0.2) is 0 Å². The van der Waals surface area contributed by atoms with E-state index in [1.165, 1.54) is 19.2 Å². The molecule has 0 heterocycles. The van der Waals surface area contributed by atoms with Crippen molar-refractivity contribution in [1.29, 1.82) is 0 Å². The van der Waals surface area contributed by atoms with Gasteiger partial charge in [0.25, 0.3) is 0 Å². The third-order valence-corrected chi connectivity index (χ3v) is 5.57. The fourth-order valence-electron chi connectivity index (χ4n) is 2.39. The van der Waals surface area contributed by atoms with Crippen molar-refractivity contribution in [3.05, 3.63) is 48.5 Å². The van der Waals surface area contributed by atoms with Crippen LogP contribution in [-0.2, 0) is 19.6 Å². The van der Waals surface area contributed by atoms with Crippen molar-refractivity contribution in [3.8, 4) is 17.2 Å². The SMILES string of the molecule is CCOc1ccc(Oc2ccc(S(=O)(=O)N(CCOC)CC(N)=O)cc2)cc1. The molecule has 2 aromatic rings. The predicted octanol–water partition coefficient (Wildman–Crippen LogP) is 2.00. The number of nitrogens with zero attached hydrogens (tertiary/aromatic N) is 1. The van der Waals surface area contributed by atoms with Gasteiger partial charge in [-0.3, -0.25) is 4.79 Å². The minimum Gasteiger partial charge on any atom is -0.494 e. The number of amides is 1. The minimum atomic E-state index is -3.89. The number of ether oxygens (including phenoxy) is 3. The molecule has 2 rings (SSSR count). The average Bonchev–Trinajstić information content (AvgIpc) is 2.67. The number of benzene rings is 2. The highest BCUT2D eigenvalue weighted by molar-refractivity contribution is 7.89. The first kappa shape index (κ1) is 21.7. The van der Waals surface area contributed by atoms with Gasteiger partial charge in [0.1, 0.15) is 17.2 Å². The molecule has 9 heteroatoms. The van der Waals surface area contributed by atoms with Gasteiger partial charge in [-0.2, -0.15) is 4.31 Å². The van der Waals surface area contributed by atoms with Gasteiger partial charge in [0.05, 0.1) is 24.7 Å². The van der Waals surface area contributed by atoms with Gasteiger partial charge < -0.3 is 19.9 Å². The molecule has 2 aromatic carbocycles. The van der Waals surface area contributed by atoms with Gasteiger partial charge in [0, 0.05) is 13.7 Å². The molecule has 0 unspecified atom stereocenters. The van der Waals surface area contributed by atoms with Gasteiger partial charge in [-0.05, 0) is 55.5 Å². The summed E-state index contributed by atoms with van der Waals surface area (Å²) in [5.41, 5.74) is 5.16. The van der Waals surface area contributed by atoms with Crippen LogP contribution in [0.2, 0.25) is 0 Å². The molecule has 28 heavy (non-hydrogen) atoms. The second-order valence-electron chi connectivity index (χ2n) is 5.78. The Morgan fingerprint density at radius 2 is 1.54 bits per heavy atom. The van der Waals surface area contributed by atoms with Gasteiger partial charge in [-0.25, -0.2) is 8.42 Å². The first-order chi connectivity index (χ1) is 13.4. The van der Waals surface area contributed by atoms with Gasteiger partial charge in [-0.1, -0.05) is 0 Å². The first-order valence-corrected chi connectivity index (χ1v) is 10.1. The molecule has 152 valence electrons. The quantitative estimate of drug-likeness (QED) is 0.609. The maximum atomic E-state index is 12.8. The Bertz CT molecular complexity index is 866. The van der Waals surface area contributed by atoms with Crippen molar-refractivity contribution in [2.75, 3.05) is 33.4 Å². The van der Waals surface area contributed by atoms with Crippen LogP contribution >= 0.6 is 0 Å². The fourth-order valence-corrected chi connectivity index (χ4v) is 3.78. The van der Waals surface area contributed by atoms with E-state index in [9.17, 15) is 13.2 Å². The summed E-state index contributed by atoms with van der Waals surface area (Å²) >= 11 is 0. The molecule has 0 aromatic heterocycles. The van der Waals surface area contributed by atoms with E-state index in [0.29, 0.717) is 18.1 Å². The standard InChI is InChI=1S/C19H24N2O6S/c1-3-26-15-4-6-16(7-5-15)27-17-8-10-18(11-9-17)28(23,24)21(12-13-25-2)14-19(20)22/h4-11H,3,12-14H2,1-2H3,(H2,20,22). The van der Waals surface area contributed by atoms with Crippen molar-refractivity contribution < 1.29 is 27.4 Å². The molecule has 0 aliphatic rings. The number of sulfonamides is 1. The third-order valence-electron chi connectivity index (χ3n) is 3.71. The largest absolute Gasteiger partial charge is 0.494 e. The lowest BCUT2D eigenvalue weighted by molar-refractivity contribution is -0.118. The smallest absolute Gasteiger partial charge is 0.243 e. The molecule has 1 amide bonds. The predicted molar refractivity (Wildman–Crippen MR) is 104 cm³/mol. The molecular weight excluding hydrogens is 384 g/mol. The molecule has 0 aliphatic heterocycles. The van der Waals surface area contributed by atoms with Gasteiger partial charge >= 0.3 is 0 Å². The van der Waals surface area contributed by atoms with Gasteiger partial charge in [-0.15, -0.1) is 0 Å². The topological polar surface area (TPSA) is 108 Å². The Labute approximate surface area is 164 Å². The van der Waals surface area contributed by atoms with E-state index < -0.39 is 22.5 Å². The number of carbonyl (C=O) groups excluding carboxylic acids is 1. The number of carbonyl (C=O) groups is 1. The molecule has 0 radical (unpaired) electrons. The zero-order chi connectivity index (χ0) is 20.6. The van der Waals surface area contributed by atoms with Crippen LogP contribution in [0.4, 0.5) is 0 Å². The number of hydrogen-bond donors (Lipinski definition) is 1. The van der Waals surface area contributed by atoms with Gasteiger partial charge in [0.2, 0.25) is 15.9 Å². The summed E-state index contributed by atoms with van der Waals surface area (Å²) in [6.45, 7) is 2.22. The molecule has 2 N–H and O–H groups in total. The van der Waals surface area contributed by atoms with Crippen molar-refractivity contribution >= 4 is 15.9 Å². The Morgan fingerprint density at radius 1 is 1.00 bits per heavy atom. The first-order valence-electron chi connectivity index (χ1n) is 8.65. The molecule has 0 saturated carbocycles. The number of nitrogens with two attached hydrogens (primary N) is 1. The number of rotatable bonds is 11. The molecular formula is C19H24N2O6S. The summed E-state index contributed by atoms with van der Waals surface area (Å²) in [4.78, 5) is 11.3. The van der Waals surface area contributed by atoms with Crippen LogP contribution in [-0.4, -0.2) is 52.0 Å². The Morgan fingerprint density at radius 3 is 2.04 bits per heavy atom. The minimum absolute atomic E-state index is 0.0200. The maximum Gasteiger partial charge on any atom is 0.243 e. The van der Waals surface area contributed by atoms with Crippen molar-refractivity contribution in [1.82, 2.24) is 4.31 Å². The summed E-state index contributed by atoms with van der Waals surface area (Å²) in [7, 11) is -2.44. The van der Waals surface area contributed by atoms with Crippen LogP contribution in [0.3, 0.4) is 0 Å². The van der Waals surface area contributed by atoms with E-state index in [-0.39, 0.29) is 18.0 Å². The normalized spacial score (nSPS) is 11.4. The van der Waals surface area contributed by atoms with E-state index in [2.05, 4.69) is 0 Å². The summed E-state index contributed by atoms with van der Waals surface area (Å²) in [5, 5.41) is 0. The molecule has 0 atom stereocenters. The molecule has 0 fully saturated rings. The summed E-state index contributed by atoms with van der Waals surface area (Å²) in [6, 6.07) is 13.0. The zero-order valence-electron chi connectivity index (χ0n) is 15.8. The van der Waals surface area contributed by atoms with Crippen LogP contribution in [0.15, 0.2) is 53.4 Å². The van der Waals surface area contributed by atoms with E-state index in [1.807, 2.05) is 6.92 Å². The Hall–Kier alpha value is -2.62. The monoisotopic (exact) mass is 408 g/mol. The maximum absolute atomic E-state index is 12.8. The Balaban J connectivity index is 2.13. The lowest BCUT2D eigenvalue weighted by Gasteiger charge is -2.20.